The maximum Gasteiger partial charge on any atom is 0.317 e. The van der Waals surface area contributed by atoms with E-state index in [0.717, 1.165) is 0 Å². The van der Waals surface area contributed by atoms with Crippen LogP contribution in [0.5, 0.6) is 0 Å². The Morgan fingerprint density at radius 2 is 2.00 bits per heavy atom. The summed E-state index contributed by atoms with van der Waals surface area (Å²) in [7, 11) is -1.59. The van der Waals surface area contributed by atoms with Crippen LogP contribution in [0.25, 0.3) is 0 Å². The molecule has 0 saturated carbocycles. The molecule has 2 atom stereocenters. The normalized spacial score (nSPS) is 26.9. The maximum atomic E-state index is 12.6. The zero-order valence-corrected chi connectivity index (χ0v) is 13.4. The molecule has 0 radical (unpaired) electrons. The Kier molecular flexibility index (Phi) is 3.88. The molecule has 0 bridgehead atoms. The van der Waals surface area contributed by atoms with Gasteiger partial charge in [-0.1, -0.05) is 0 Å². The molecule has 23 heavy (non-hydrogen) atoms. The van der Waals surface area contributed by atoms with Crippen molar-refractivity contribution in [2.75, 3.05) is 31.1 Å². The standard InChI is InChI=1S/C13H18N4O5S/c1-15-5-9(4-14-15)13(20)17-3-2-16(6-12(18)19)10-7-23(21,22)8-11(10)17/h4-5,10-11H,2-3,6-8H2,1H3,(H,18,19)/t10-,11+/m1/s1. The molecule has 0 aliphatic carbocycles. The van der Waals surface area contributed by atoms with Crippen LogP contribution in [-0.4, -0.2) is 88.2 Å². The summed E-state index contributed by atoms with van der Waals surface area (Å²) in [6, 6.07) is -0.980. The predicted molar refractivity (Wildman–Crippen MR) is 79.7 cm³/mol. The fourth-order valence-corrected chi connectivity index (χ4v) is 5.36. The van der Waals surface area contributed by atoms with Gasteiger partial charge in [-0.2, -0.15) is 5.10 Å². The highest BCUT2D eigenvalue weighted by molar-refractivity contribution is 7.91. The Hall–Kier alpha value is -1.94. The largest absolute Gasteiger partial charge is 0.480 e. The average molecular weight is 342 g/mol. The highest BCUT2D eigenvalue weighted by Crippen LogP contribution is 2.28. The van der Waals surface area contributed by atoms with Gasteiger partial charge < -0.3 is 10.0 Å². The first kappa shape index (κ1) is 15.9. The number of amides is 1. The average Bonchev–Trinajstić information content (AvgIpc) is 3.00. The number of hydrogen-bond donors (Lipinski definition) is 1. The van der Waals surface area contributed by atoms with Crippen LogP contribution >= 0.6 is 0 Å². The van der Waals surface area contributed by atoms with E-state index in [2.05, 4.69) is 5.10 Å². The van der Waals surface area contributed by atoms with Gasteiger partial charge in [-0.15, -0.1) is 0 Å². The van der Waals surface area contributed by atoms with Crippen molar-refractivity contribution in [2.45, 2.75) is 12.1 Å². The zero-order valence-electron chi connectivity index (χ0n) is 12.6. The molecule has 2 aliphatic rings. The first-order chi connectivity index (χ1) is 10.8. The number of carbonyl (C=O) groups is 2. The second-order valence-electron chi connectivity index (χ2n) is 5.98. The Morgan fingerprint density at radius 3 is 2.61 bits per heavy atom. The third-order valence-corrected chi connectivity index (χ3v) is 6.04. The number of piperazine rings is 1. The number of sulfone groups is 1. The van der Waals surface area contributed by atoms with Gasteiger partial charge in [-0.25, -0.2) is 8.42 Å². The molecule has 0 spiro atoms. The highest BCUT2D eigenvalue weighted by atomic mass is 32.2. The van der Waals surface area contributed by atoms with Gasteiger partial charge >= 0.3 is 5.97 Å². The van der Waals surface area contributed by atoms with E-state index < -0.39 is 27.9 Å². The summed E-state index contributed by atoms with van der Waals surface area (Å²) in [5.41, 5.74) is 0.405. The summed E-state index contributed by atoms with van der Waals surface area (Å²) in [6.07, 6.45) is 3.04. The van der Waals surface area contributed by atoms with Gasteiger partial charge in [0.2, 0.25) is 0 Å². The van der Waals surface area contributed by atoms with Crippen LogP contribution in [0.15, 0.2) is 12.4 Å². The van der Waals surface area contributed by atoms with Crippen molar-refractivity contribution in [1.29, 1.82) is 0 Å². The van der Waals surface area contributed by atoms with E-state index in [4.69, 9.17) is 5.11 Å². The third-order valence-electron chi connectivity index (χ3n) is 4.34. The molecular weight excluding hydrogens is 324 g/mol. The van der Waals surface area contributed by atoms with Crippen LogP contribution in [0.2, 0.25) is 0 Å². The molecule has 9 nitrogen and oxygen atoms in total. The molecule has 0 unspecified atom stereocenters. The first-order valence-electron chi connectivity index (χ1n) is 7.23. The van der Waals surface area contributed by atoms with Gasteiger partial charge in [0.25, 0.3) is 5.91 Å². The molecule has 0 aromatic carbocycles. The lowest BCUT2D eigenvalue weighted by molar-refractivity contribution is -0.139. The van der Waals surface area contributed by atoms with E-state index in [1.165, 1.54) is 10.9 Å². The number of hydrogen-bond acceptors (Lipinski definition) is 6. The van der Waals surface area contributed by atoms with Crippen LogP contribution < -0.4 is 0 Å². The topological polar surface area (TPSA) is 113 Å². The number of aliphatic carboxylic acids is 1. The molecule has 10 heteroatoms. The minimum absolute atomic E-state index is 0.109. The van der Waals surface area contributed by atoms with E-state index in [9.17, 15) is 18.0 Å². The van der Waals surface area contributed by atoms with Crippen molar-refractivity contribution in [1.82, 2.24) is 19.6 Å². The van der Waals surface area contributed by atoms with E-state index in [-0.39, 0.29) is 24.0 Å². The van der Waals surface area contributed by atoms with E-state index in [0.29, 0.717) is 18.7 Å². The fraction of sp³-hybridized carbons (Fsp3) is 0.615. The van der Waals surface area contributed by atoms with Gasteiger partial charge in [0.15, 0.2) is 9.84 Å². The molecule has 1 amide bonds. The highest BCUT2D eigenvalue weighted by Gasteiger charge is 2.48. The lowest BCUT2D eigenvalue weighted by Gasteiger charge is -2.43. The van der Waals surface area contributed by atoms with Crippen molar-refractivity contribution in [3.8, 4) is 0 Å². The van der Waals surface area contributed by atoms with Gasteiger partial charge in [0, 0.05) is 32.4 Å². The van der Waals surface area contributed by atoms with Gasteiger partial charge in [0.1, 0.15) is 0 Å². The molecule has 1 aromatic heterocycles. The number of nitrogens with zero attached hydrogens (tertiary/aromatic N) is 4. The maximum absolute atomic E-state index is 12.6. The summed E-state index contributed by atoms with van der Waals surface area (Å²) in [6.45, 7) is 0.429. The lowest BCUT2D eigenvalue weighted by atomic mass is 10.0. The molecule has 3 heterocycles. The van der Waals surface area contributed by atoms with Crippen molar-refractivity contribution in [3.05, 3.63) is 18.0 Å². The number of aromatic nitrogens is 2. The van der Waals surface area contributed by atoms with E-state index >= 15 is 0 Å². The molecule has 1 N–H and O–H groups in total. The number of carbonyl (C=O) groups excluding carboxylic acids is 1. The van der Waals surface area contributed by atoms with Crippen molar-refractivity contribution >= 4 is 21.7 Å². The molecule has 1 aromatic rings. The number of aryl methyl sites for hydroxylation is 1. The third kappa shape index (κ3) is 3.08. The number of fused-ring (bicyclic) bond motifs is 1. The minimum Gasteiger partial charge on any atom is -0.480 e. The second-order valence-corrected chi connectivity index (χ2v) is 8.13. The van der Waals surface area contributed by atoms with Crippen LogP contribution in [0.3, 0.4) is 0 Å². The second kappa shape index (κ2) is 5.60. The van der Waals surface area contributed by atoms with Crippen molar-refractivity contribution < 1.29 is 23.1 Å². The first-order valence-corrected chi connectivity index (χ1v) is 9.05. The molecule has 2 fully saturated rings. The van der Waals surface area contributed by atoms with Crippen LogP contribution in [0.4, 0.5) is 0 Å². The number of carboxylic acids is 1. The molecular formula is C13H18N4O5S. The SMILES string of the molecule is Cn1cc(C(=O)N2CCN(CC(=O)O)[C@@H]3CS(=O)(=O)C[C@@H]32)cn1. The predicted octanol–water partition coefficient (Wildman–Crippen LogP) is -1.57. The van der Waals surface area contributed by atoms with Crippen molar-refractivity contribution in [3.63, 3.8) is 0 Å². The molecule has 2 aliphatic heterocycles. The number of carboxylic acid groups (broad SMARTS) is 1. The number of rotatable bonds is 3. The Bertz CT molecular complexity index is 743. The molecule has 3 rings (SSSR count). The zero-order chi connectivity index (χ0) is 16.8. The Balaban J connectivity index is 1.86. The summed E-state index contributed by atoms with van der Waals surface area (Å²) in [4.78, 5) is 26.8. The summed E-state index contributed by atoms with van der Waals surface area (Å²) < 4.78 is 25.5. The quantitative estimate of drug-likeness (QED) is 0.706. The van der Waals surface area contributed by atoms with Crippen molar-refractivity contribution in [2.24, 2.45) is 7.05 Å². The Labute approximate surface area is 133 Å². The van der Waals surface area contributed by atoms with Crippen LogP contribution in [0.1, 0.15) is 10.4 Å². The van der Waals surface area contributed by atoms with Crippen LogP contribution in [-0.2, 0) is 21.7 Å². The van der Waals surface area contributed by atoms with Crippen LogP contribution in [0, 0.1) is 0 Å². The van der Waals surface area contributed by atoms with Gasteiger partial charge in [-0.3, -0.25) is 19.2 Å². The summed E-state index contributed by atoms with van der Waals surface area (Å²) in [5, 5.41) is 13.0. The minimum atomic E-state index is -3.29. The fourth-order valence-electron chi connectivity index (χ4n) is 3.34. The Morgan fingerprint density at radius 1 is 1.30 bits per heavy atom. The van der Waals surface area contributed by atoms with Gasteiger partial charge in [-0.05, 0) is 0 Å². The molecule has 2 saturated heterocycles. The van der Waals surface area contributed by atoms with E-state index in [1.807, 2.05) is 0 Å². The van der Waals surface area contributed by atoms with Gasteiger partial charge in [0.05, 0.1) is 35.9 Å². The summed E-state index contributed by atoms with van der Waals surface area (Å²) >= 11 is 0. The van der Waals surface area contributed by atoms with E-state index in [1.54, 1.807) is 23.0 Å². The monoisotopic (exact) mass is 342 g/mol. The lowest BCUT2D eigenvalue weighted by Crippen LogP contribution is -2.61. The molecule has 126 valence electrons. The summed E-state index contributed by atoms with van der Waals surface area (Å²) in [5.74, 6) is -1.50. The smallest absolute Gasteiger partial charge is 0.317 e.